The van der Waals surface area contributed by atoms with Crippen LogP contribution in [0.5, 0.6) is 0 Å². The second-order valence-corrected chi connectivity index (χ2v) is 8.20. The molecule has 3 heterocycles. The maximum atomic E-state index is 12.9. The summed E-state index contributed by atoms with van der Waals surface area (Å²) in [7, 11) is 0. The van der Waals surface area contributed by atoms with E-state index in [2.05, 4.69) is 9.97 Å². The first-order chi connectivity index (χ1) is 15.2. The lowest BCUT2D eigenvalue weighted by molar-refractivity contribution is -0.137. The van der Waals surface area contributed by atoms with Crippen LogP contribution in [0.4, 0.5) is 13.2 Å². The number of carbonyl (C=O) groups excluding carboxylic acids is 1. The number of aromatic nitrogens is 2. The summed E-state index contributed by atoms with van der Waals surface area (Å²) in [6.45, 7) is 4.67. The fraction of sp³-hybridized carbons (Fsp3) is 0.375. The minimum atomic E-state index is -4.36. The molecule has 1 saturated heterocycles. The second-order valence-electron chi connectivity index (χ2n) is 8.20. The lowest BCUT2D eigenvalue weighted by atomic mass is 9.93. The van der Waals surface area contributed by atoms with E-state index in [1.165, 1.54) is 12.1 Å². The molecule has 0 N–H and O–H groups in total. The fourth-order valence-electron chi connectivity index (χ4n) is 4.15. The van der Waals surface area contributed by atoms with Crippen molar-refractivity contribution in [3.8, 4) is 0 Å². The van der Waals surface area contributed by atoms with Gasteiger partial charge in [-0.3, -0.25) is 9.78 Å². The number of carbonyl (C=O) groups is 1. The molecule has 1 fully saturated rings. The van der Waals surface area contributed by atoms with E-state index in [-0.39, 0.29) is 17.6 Å². The summed E-state index contributed by atoms with van der Waals surface area (Å²) in [4.78, 5) is 23.4. The van der Waals surface area contributed by atoms with Crippen LogP contribution in [-0.4, -0.2) is 33.9 Å². The van der Waals surface area contributed by atoms with Gasteiger partial charge in [0.25, 0.3) is 5.91 Å². The number of nitrogens with zero attached hydrogens (tertiary/aromatic N) is 3. The van der Waals surface area contributed by atoms with Gasteiger partial charge in [0.05, 0.1) is 11.3 Å². The van der Waals surface area contributed by atoms with Crippen molar-refractivity contribution in [1.29, 1.82) is 0 Å². The lowest BCUT2D eigenvalue weighted by Crippen LogP contribution is -2.39. The Hall–Kier alpha value is -3.16. The molecule has 0 aliphatic carbocycles. The molecule has 1 aliphatic heterocycles. The van der Waals surface area contributed by atoms with E-state index < -0.39 is 11.7 Å². The van der Waals surface area contributed by atoms with Gasteiger partial charge in [-0.05, 0) is 49.4 Å². The fourth-order valence-corrected chi connectivity index (χ4v) is 4.15. The quantitative estimate of drug-likeness (QED) is 0.548. The number of rotatable bonds is 4. The molecule has 1 aromatic carbocycles. The zero-order valence-corrected chi connectivity index (χ0v) is 17.9. The van der Waals surface area contributed by atoms with Crippen LogP contribution in [0.1, 0.15) is 63.3 Å². The van der Waals surface area contributed by atoms with Gasteiger partial charge in [0, 0.05) is 37.8 Å². The van der Waals surface area contributed by atoms with Gasteiger partial charge >= 0.3 is 6.18 Å². The van der Waals surface area contributed by atoms with Crippen LogP contribution in [0.3, 0.4) is 0 Å². The molecule has 3 aromatic rings. The number of hydrogen-bond acceptors (Lipinski definition) is 4. The lowest BCUT2D eigenvalue weighted by Gasteiger charge is -2.32. The highest BCUT2D eigenvalue weighted by molar-refractivity contribution is 5.92. The highest BCUT2D eigenvalue weighted by Gasteiger charge is 2.31. The Morgan fingerprint density at radius 2 is 2.00 bits per heavy atom. The third-order valence-electron chi connectivity index (χ3n) is 5.73. The minimum absolute atomic E-state index is 0.0969. The second kappa shape index (κ2) is 8.76. The maximum absolute atomic E-state index is 12.9. The minimum Gasteiger partial charge on any atom is -0.436 e. The molecule has 168 valence electrons. The van der Waals surface area contributed by atoms with Gasteiger partial charge in [-0.2, -0.15) is 13.2 Å². The van der Waals surface area contributed by atoms with Gasteiger partial charge in [-0.1, -0.05) is 24.3 Å². The summed E-state index contributed by atoms with van der Waals surface area (Å²) in [5.41, 5.74) is 2.24. The van der Waals surface area contributed by atoms with Crippen LogP contribution in [0, 0.1) is 13.8 Å². The molecule has 4 rings (SSSR count). The van der Waals surface area contributed by atoms with E-state index >= 15 is 0 Å². The molecule has 32 heavy (non-hydrogen) atoms. The Kier molecular flexibility index (Phi) is 6.04. The van der Waals surface area contributed by atoms with E-state index in [9.17, 15) is 18.0 Å². The number of halogens is 3. The number of likely N-dealkylation sites (tertiary alicyclic amines) is 1. The van der Waals surface area contributed by atoms with Gasteiger partial charge in [-0.25, -0.2) is 4.98 Å². The van der Waals surface area contributed by atoms with Crippen molar-refractivity contribution in [2.45, 2.75) is 45.2 Å². The van der Waals surface area contributed by atoms with Crippen molar-refractivity contribution in [2.75, 3.05) is 13.1 Å². The van der Waals surface area contributed by atoms with Crippen molar-refractivity contribution in [1.82, 2.24) is 14.9 Å². The molecular formula is C24H24F3N3O2. The molecule has 2 aromatic heterocycles. The molecule has 1 atom stereocenters. The van der Waals surface area contributed by atoms with Crippen LogP contribution < -0.4 is 0 Å². The summed E-state index contributed by atoms with van der Waals surface area (Å²) >= 11 is 0. The zero-order valence-electron chi connectivity index (χ0n) is 17.9. The van der Waals surface area contributed by atoms with Crippen LogP contribution in [0.15, 0.2) is 47.0 Å². The van der Waals surface area contributed by atoms with E-state index in [0.29, 0.717) is 36.7 Å². The monoisotopic (exact) mass is 443 g/mol. The third-order valence-corrected chi connectivity index (χ3v) is 5.73. The number of aryl methyl sites for hydroxylation is 2. The van der Waals surface area contributed by atoms with E-state index in [4.69, 9.17) is 4.42 Å². The SMILES string of the molecule is Cc1nc(C)c(C(=O)N2CCC[C@H](c3ccc(Cc4cccc(C(F)(F)F)c4)cn3)C2)o1. The molecule has 0 radical (unpaired) electrons. The average molecular weight is 443 g/mol. The van der Waals surface area contributed by atoms with E-state index in [1.54, 1.807) is 31.0 Å². The van der Waals surface area contributed by atoms with Crippen molar-refractivity contribution in [3.05, 3.63) is 82.3 Å². The highest BCUT2D eigenvalue weighted by Crippen LogP contribution is 2.30. The smallest absolute Gasteiger partial charge is 0.416 e. The van der Waals surface area contributed by atoms with Gasteiger partial charge in [0.2, 0.25) is 5.76 Å². The number of oxazole rings is 1. The zero-order chi connectivity index (χ0) is 22.9. The highest BCUT2D eigenvalue weighted by atomic mass is 19.4. The van der Waals surface area contributed by atoms with Gasteiger partial charge in [0.1, 0.15) is 0 Å². The Morgan fingerprint density at radius 3 is 2.66 bits per heavy atom. The van der Waals surface area contributed by atoms with Gasteiger partial charge < -0.3 is 9.32 Å². The summed E-state index contributed by atoms with van der Waals surface area (Å²) in [5.74, 6) is 0.693. The van der Waals surface area contributed by atoms with Gasteiger partial charge in [-0.15, -0.1) is 0 Å². The van der Waals surface area contributed by atoms with Crippen molar-refractivity contribution in [3.63, 3.8) is 0 Å². The molecule has 5 nitrogen and oxygen atoms in total. The molecule has 0 saturated carbocycles. The summed E-state index contributed by atoms with van der Waals surface area (Å²) < 4.78 is 44.3. The average Bonchev–Trinajstić information content (AvgIpc) is 3.11. The van der Waals surface area contributed by atoms with Crippen molar-refractivity contribution < 1.29 is 22.4 Å². The molecular weight excluding hydrogens is 419 g/mol. The number of benzene rings is 1. The third kappa shape index (κ3) is 4.84. The van der Waals surface area contributed by atoms with E-state index in [1.807, 2.05) is 12.1 Å². The first-order valence-corrected chi connectivity index (χ1v) is 10.5. The molecule has 1 amide bonds. The van der Waals surface area contributed by atoms with Gasteiger partial charge in [0.15, 0.2) is 5.89 Å². The van der Waals surface area contributed by atoms with Crippen LogP contribution >= 0.6 is 0 Å². The molecule has 0 spiro atoms. The normalized spacial score (nSPS) is 16.9. The number of hydrogen-bond donors (Lipinski definition) is 0. The van der Waals surface area contributed by atoms with E-state index in [0.717, 1.165) is 30.2 Å². The standard InChI is InChI=1S/C24H24F3N3O2/c1-15-22(32-16(2)29-15)23(31)30-10-4-6-19(14-30)21-9-8-18(13-28-21)11-17-5-3-7-20(12-17)24(25,26)27/h3,5,7-9,12-13,19H,4,6,10-11,14H2,1-2H3/t19-/m0/s1. The Labute approximate surface area is 184 Å². The molecule has 0 unspecified atom stereocenters. The number of amides is 1. The predicted molar refractivity (Wildman–Crippen MR) is 112 cm³/mol. The Balaban J connectivity index is 1.44. The number of alkyl halides is 3. The van der Waals surface area contributed by atoms with Crippen molar-refractivity contribution >= 4 is 5.91 Å². The summed E-state index contributed by atoms with van der Waals surface area (Å²) in [6, 6.07) is 9.15. The number of piperidine rings is 1. The molecule has 1 aliphatic rings. The van der Waals surface area contributed by atoms with Crippen molar-refractivity contribution in [2.24, 2.45) is 0 Å². The largest absolute Gasteiger partial charge is 0.436 e. The maximum Gasteiger partial charge on any atom is 0.416 e. The first-order valence-electron chi connectivity index (χ1n) is 10.5. The summed E-state index contributed by atoms with van der Waals surface area (Å²) in [5, 5.41) is 0. The molecule has 0 bridgehead atoms. The van der Waals surface area contributed by atoms with Crippen LogP contribution in [-0.2, 0) is 12.6 Å². The molecule has 8 heteroatoms. The first kappa shape index (κ1) is 22.0. The summed E-state index contributed by atoms with van der Waals surface area (Å²) in [6.07, 6.45) is -0.503. The van der Waals surface area contributed by atoms with Crippen LogP contribution in [0.2, 0.25) is 0 Å². The topological polar surface area (TPSA) is 59.2 Å². The number of pyridine rings is 1. The Morgan fingerprint density at radius 1 is 1.19 bits per heavy atom. The Bertz CT molecular complexity index is 1110. The van der Waals surface area contributed by atoms with Crippen LogP contribution in [0.25, 0.3) is 0 Å². The predicted octanol–water partition coefficient (Wildman–Crippen LogP) is 5.32.